The molecular weight excluding hydrogens is 276 g/mol. The predicted octanol–water partition coefficient (Wildman–Crippen LogP) is 0.843. The fourth-order valence-electron chi connectivity index (χ4n) is 3.47. The lowest BCUT2D eigenvalue weighted by Crippen LogP contribution is -3.15. The third kappa shape index (κ3) is 3.05. The Kier molecular flexibility index (Phi) is 4.52. The van der Waals surface area contributed by atoms with Gasteiger partial charge in [-0.15, -0.1) is 0 Å². The summed E-state index contributed by atoms with van der Waals surface area (Å²) in [6, 6.07) is 6.57. The number of rotatable bonds is 4. The van der Waals surface area contributed by atoms with E-state index in [-0.39, 0.29) is 6.10 Å². The number of ether oxygens (including phenoxy) is 1. The van der Waals surface area contributed by atoms with Crippen molar-refractivity contribution < 1.29 is 14.7 Å². The molecular formula is C18H27N2O2+. The van der Waals surface area contributed by atoms with Crippen molar-refractivity contribution in [3.63, 3.8) is 0 Å². The van der Waals surface area contributed by atoms with Crippen LogP contribution in [-0.2, 0) is 11.3 Å². The number of nitrogens with one attached hydrogen (secondary N) is 1. The first kappa shape index (κ1) is 15.5. The first-order valence-electron chi connectivity index (χ1n) is 8.21. The maximum absolute atomic E-state index is 10.5. The van der Waals surface area contributed by atoms with E-state index >= 15 is 0 Å². The molecule has 0 aliphatic carbocycles. The second-order valence-corrected chi connectivity index (χ2v) is 6.56. The Morgan fingerprint density at radius 1 is 1.23 bits per heavy atom. The fourth-order valence-corrected chi connectivity index (χ4v) is 3.47. The largest absolute Gasteiger partial charge is 0.385 e. The van der Waals surface area contributed by atoms with Gasteiger partial charge in [-0.3, -0.25) is 0 Å². The molecule has 120 valence electrons. The summed E-state index contributed by atoms with van der Waals surface area (Å²) in [6.45, 7) is 11.5. The number of nitrogens with zero attached hydrogens (tertiary/aromatic N) is 1. The van der Waals surface area contributed by atoms with Crippen molar-refractivity contribution >= 4 is 10.9 Å². The van der Waals surface area contributed by atoms with E-state index in [1.807, 2.05) is 0 Å². The summed E-state index contributed by atoms with van der Waals surface area (Å²) in [5, 5.41) is 11.8. The van der Waals surface area contributed by atoms with Crippen LogP contribution in [0, 0.1) is 20.8 Å². The molecule has 2 aromatic rings. The van der Waals surface area contributed by atoms with Gasteiger partial charge >= 0.3 is 0 Å². The molecule has 1 aromatic carbocycles. The topological polar surface area (TPSA) is 38.8 Å². The van der Waals surface area contributed by atoms with Crippen molar-refractivity contribution in [2.24, 2.45) is 0 Å². The van der Waals surface area contributed by atoms with Gasteiger partial charge in [-0.05, 0) is 38.5 Å². The van der Waals surface area contributed by atoms with Crippen LogP contribution < -0.4 is 4.90 Å². The first-order valence-corrected chi connectivity index (χ1v) is 8.21. The molecule has 0 bridgehead atoms. The van der Waals surface area contributed by atoms with Crippen LogP contribution in [0.1, 0.15) is 16.8 Å². The second kappa shape index (κ2) is 6.41. The third-order valence-corrected chi connectivity index (χ3v) is 4.91. The molecule has 2 N–H and O–H groups in total. The summed E-state index contributed by atoms with van der Waals surface area (Å²) >= 11 is 0. The molecule has 3 rings (SSSR count). The van der Waals surface area contributed by atoms with E-state index in [1.54, 1.807) is 0 Å². The van der Waals surface area contributed by atoms with E-state index in [0.29, 0.717) is 6.54 Å². The monoisotopic (exact) mass is 303 g/mol. The lowest BCUT2D eigenvalue weighted by atomic mass is 10.1. The minimum Gasteiger partial charge on any atom is -0.385 e. The Hall–Kier alpha value is -1.36. The van der Waals surface area contributed by atoms with E-state index < -0.39 is 0 Å². The van der Waals surface area contributed by atoms with E-state index in [9.17, 15) is 5.11 Å². The minimum atomic E-state index is -0.317. The van der Waals surface area contributed by atoms with Crippen LogP contribution in [0.25, 0.3) is 10.9 Å². The maximum atomic E-state index is 10.5. The first-order chi connectivity index (χ1) is 10.6. The van der Waals surface area contributed by atoms with Gasteiger partial charge in [0.05, 0.1) is 19.8 Å². The zero-order chi connectivity index (χ0) is 15.7. The molecule has 4 heteroatoms. The molecule has 0 amide bonds. The molecule has 1 fully saturated rings. The number of aromatic nitrogens is 1. The quantitative estimate of drug-likeness (QED) is 0.879. The molecule has 22 heavy (non-hydrogen) atoms. The van der Waals surface area contributed by atoms with E-state index in [2.05, 4.69) is 43.5 Å². The van der Waals surface area contributed by atoms with Crippen LogP contribution in [-0.4, -0.2) is 48.6 Å². The molecule has 4 nitrogen and oxygen atoms in total. The van der Waals surface area contributed by atoms with Gasteiger partial charge in [-0.1, -0.05) is 11.6 Å². The predicted molar refractivity (Wildman–Crippen MR) is 88.5 cm³/mol. The van der Waals surface area contributed by atoms with Gasteiger partial charge in [0.15, 0.2) is 0 Å². The highest BCUT2D eigenvalue weighted by Gasteiger charge is 2.20. The van der Waals surface area contributed by atoms with Crippen molar-refractivity contribution in [3.05, 3.63) is 35.0 Å². The van der Waals surface area contributed by atoms with Gasteiger partial charge in [0.25, 0.3) is 0 Å². The number of hydrogen-bond donors (Lipinski definition) is 2. The van der Waals surface area contributed by atoms with Crippen LogP contribution in [0.5, 0.6) is 0 Å². The molecule has 0 unspecified atom stereocenters. The SMILES string of the molecule is Cc1ccc2c(c1)c(C)c(C)n2C[C@H](O)C[NH+]1CCOCC1. The highest BCUT2D eigenvalue weighted by molar-refractivity contribution is 5.85. The molecule has 2 heterocycles. The summed E-state index contributed by atoms with van der Waals surface area (Å²) in [4.78, 5) is 1.44. The van der Waals surface area contributed by atoms with Crippen LogP contribution in [0.4, 0.5) is 0 Å². The molecule has 1 aliphatic rings. The maximum Gasteiger partial charge on any atom is 0.121 e. The van der Waals surface area contributed by atoms with E-state index in [1.165, 1.54) is 32.6 Å². The average molecular weight is 303 g/mol. The van der Waals surface area contributed by atoms with Gasteiger partial charge in [-0.2, -0.15) is 0 Å². The molecule has 0 radical (unpaired) electrons. The zero-order valence-electron chi connectivity index (χ0n) is 13.9. The normalized spacial score (nSPS) is 18.0. The van der Waals surface area contributed by atoms with Crippen LogP contribution in [0.15, 0.2) is 18.2 Å². The highest BCUT2D eigenvalue weighted by atomic mass is 16.5. The Morgan fingerprint density at radius 2 is 1.95 bits per heavy atom. The van der Waals surface area contributed by atoms with E-state index in [4.69, 9.17) is 4.74 Å². The Bertz CT molecular complexity index is 657. The summed E-state index contributed by atoms with van der Waals surface area (Å²) in [7, 11) is 0. The van der Waals surface area contributed by atoms with Crippen molar-refractivity contribution in [1.29, 1.82) is 0 Å². The van der Waals surface area contributed by atoms with Crippen molar-refractivity contribution in [1.82, 2.24) is 4.57 Å². The number of hydrogen-bond acceptors (Lipinski definition) is 2. The molecule has 0 spiro atoms. The lowest BCUT2D eigenvalue weighted by Gasteiger charge is -2.26. The molecule has 1 aromatic heterocycles. The van der Waals surface area contributed by atoms with Gasteiger partial charge < -0.3 is 19.3 Å². The number of aliphatic hydroxyl groups is 1. The van der Waals surface area contributed by atoms with Gasteiger partial charge in [-0.25, -0.2) is 0 Å². The summed E-state index contributed by atoms with van der Waals surface area (Å²) in [5.74, 6) is 0. The fraction of sp³-hybridized carbons (Fsp3) is 0.556. The summed E-state index contributed by atoms with van der Waals surface area (Å²) in [6.07, 6.45) is -0.317. The summed E-state index contributed by atoms with van der Waals surface area (Å²) < 4.78 is 7.66. The number of fused-ring (bicyclic) bond motifs is 1. The number of aliphatic hydroxyl groups excluding tert-OH is 1. The Labute approximate surface area is 132 Å². The van der Waals surface area contributed by atoms with Crippen LogP contribution >= 0.6 is 0 Å². The van der Waals surface area contributed by atoms with Gasteiger partial charge in [0.2, 0.25) is 0 Å². The minimum absolute atomic E-state index is 0.317. The van der Waals surface area contributed by atoms with Crippen LogP contribution in [0.2, 0.25) is 0 Å². The molecule has 0 saturated carbocycles. The number of aryl methyl sites for hydroxylation is 2. The Morgan fingerprint density at radius 3 is 2.68 bits per heavy atom. The average Bonchev–Trinajstić information content (AvgIpc) is 2.73. The van der Waals surface area contributed by atoms with Crippen molar-refractivity contribution in [2.75, 3.05) is 32.8 Å². The highest BCUT2D eigenvalue weighted by Crippen LogP contribution is 2.26. The standard InChI is InChI=1S/C18H26N2O2/c1-13-4-5-18-17(10-13)14(2)15(3)20(18)12-16(21)11-19-6-8-22-9-7-19/h4-5,10,16,21H,6-9,11-12H2,1-3H3/p+1/t16-/m1/s1. The van der Waals surface area contributed by atoms with Gasteiger partial charge in [0.1, 0.15) is 25.7 Å². The molecule has 1 atom stereocenters. The zero-order valence-corrected chi connectivity index (χ0v) is 13.9. The molecule has 1 saturated heterocycles. The Balaban J connectivity index is 1.79. The summed E-state index contributed by atoms with van der Waals surface area (Å²) in [5.41, 5.74) is 5.10. The number of benzene rings is 1. The van der Waals surface area contributed by atoms with Gasteiger partial charge in [0, 0.05) is 16.6 Å². The smallest absolute Gasteiger partial charge is 0.121 e. The second-order valence-electron chi connectivity index (χ2n) is 6.56. The van der Waals surface area contributed by atoms with Crippen molar-refractivity contribution in [2.45, 2.75) is 33.4 Å². The van der Waals surface area contributed by atoms with E-state index in [0.717, 1.165) is 32.8 Å². The number of morpholine rings is 1. The number of quaternary nitrogens is 1. The molecule has 1 aliphatic heterocycles. The van der Waals surface area contributed by atoms with Crippen LogP contribution in [0.3, 0.4) is 0 Å². The lowest BCUT2D eigenvalue weighted by molar-refractivity contribution is -0.911. The third-order valence-electron chi connectivity index (χ3n) is 4.91. The van der Waals surface area contributed by atoms with Crippen molar-refractivity contribution in [3.8, 4) is 0 Å².